The van der Waals surface area contributed by atoms with Crippen molar-refractivity contribution in [1.82, 2.24) is 4.90 Å². The minimum atomic E-state index is -0.472. The number of carbonyl (C=O) groups is 3. The van der Waals surface area contributed by atoms with Crippen LogP contribution in [0.25, 0.3) is 0 Å². The van der Waals surface area contributed by atoms with Gasteiger partial charge in [-0.05, 0) is 72.8 Å². The van der Waals surface area contributed by atoms with Crippen LogP contribution < -0.4 is 14.7 Å². The van der Waals surface area contributed by atoms with Gasteiger partial charge >= 0.3 is 11.9 Å². The molecule has 0 atom stereocenters. The average molecular weight is 547 g/mol. The molecule has 212 valence electrons. The fourth-order valence-corrected chi connectivity index (χ4v) is 3.85. The zero-order valence-corrected chi connectivity index (χ0v) is 24.1. The summed E-state index contributed by atoms with van der Waals surface area (Å²) < 4.78 is 10.9. The second-order valence-corrected chi connectivity index (χ2v) is 9.89. The first-order valence-electron chi connectivity index (χ1n) is 13.0. The van der Waals surface area contributed by atoms with Crippen molar-refractivity contribution < 1.29 is 23.9 Å². The Labute approximate surface area is 236 Å². The Kier molecular flexibility index (Phi) is 10.5. The van der Waals surface area contributed by atoms with Gasteiger partial charge in [-0.15, -0.1) is 0 Å². The van der Waals surface area contributed by atoms with Crippen molar-refractivity contribution in [2.45, 2.75) is 0 Å². The van der Waals surface area contributed by atoms with E-state index >= 15 is 0 Å². The lowest BCUT2D eigenvalue weighted by atomic mass is 10.1. The van der Waals surface area contributed by atoms with E-state index in [1.165, 1.54) is 4.90 Å². The number of carbonyl (C=O) groups excluding carboxylic acids is 3. The number of esters is 2. The minimum absolute atomic E-state index is 0.00424. The number of hydrogen-bond acceptors (Lipinski definition) is 8. The number of nitrogens with zero attached hydrogens (tertiary/aromatic N) is 4. The Balaban J connectivity index is 1.63. The zero-order valence-electron chi connectivity index (χ0n) is 24.1. The number of ether oxygens (including phenoxy) is 2. The monoisotopic (exact) mass is 546 g/mol. The molecule has 0 heterocycles. The molecule has 0 saturated carbocycles. The van der Waals surface area contributed by atoms with E-state index in [0.29, 0.717) is 16.7 Å². The molecule has 0 aliphatic carbocycles. The van der Waals surface area contributed by atoms with Crippen molar-refractivity contribution >= 4 is 34.9 Å². The summed E-state index contributed by atoms with van der Waals surface area (Å²) in [5, 5.41) is 0. The quantitative estimate of drug-likeness (QED) is 0.315. The van der Waals surface area contributed by atoms with Gasteiger partial charge in [0.1, 0.15) is 13.2 Å². The Bertz CT molecular complexity index is 1200. The van der Waals surface area contributed by atoms with Crippen LogP contribution >= 0.6 is 0 Å². The topological polar surface area (TPSA) is 82.6 Å². The van der Waals surface area contributed by atoms with E-state index in [-0.39, 0.29) is 32.2 Å². The molecule has 0 bridgehead atoms. The van der Waals surface area contributed by atoms with Gasteiger partial charge in [0.15, 0.2) is 0 Å². The number of amides is 1. The van der Waals surface area contributed by atoms with Gasteiger partial charge in [-0.2, -0.15) is 0 Å². The Morgan fingerprint density at radius 2 is 0.800 bits per heavy atom. The van der Waals surface area contributed by atoms with E-state index in [1.54, 1.807) is 36.4 Å². The summed E-state index contributed by atoms with van der Waals surface area (Å²) in [7, 11) is 11.5. The molecule has 0 aliphatic rings. The number of anilines is 3. The predicted molar refractivity (Wildman–Crippen MR) is 159 cm³/mol. The van der Waals surface area contributed by atoms with Crippen molar-refractivity contribution in [2.75, 3.05) is 83.3 Å². The molecule has 0 aromatic heterocycles. The minimum Gasteiger partial charge on any atom is -0.460 e. The molecule has 3 rings (SSSR count). The van der Waals surface area contributed by atoms with Gasteiger partial charge in [-0.3, -0.25) is 4.79 Å². The molecular formula is C31H38N4O5. The average Bonchev–Trinajstić information content (AvgIpc) is 2.95. The zero-order chi connectivity index (χ0) is 29.2. The maximum atomic E-state index is 13.3. The van der Waals surface area contributed by atoms with E-state index in [1.807, 2.05) is 93.4 Å². The SMILES string of the molecule is CN(C)c1ccc(C(=O)OCCN(CCOC(=O)c2ccc(N(C)C)cc2)C(=O)c2ccc(N(C)C)cc2)cc1. The lowest BCUT2D eigenvalue weighted by molar-refractivity contribution is 0.0362. The summed E-state index contributed by atoms with van der Waals surface area (Å²) >= 11 is 0. The van der Waals surface area contributed by atoms with Gasteiger partial charge in [0.2, 0.25) is 0 Å². The third-order valence-electron chi connectivity index (χ3n) is 6.35. The molecule has 0 N–H and O–H groups in total. The second-order valence-electron chi connectivity index (χ2n) is 9.89. The maximum absolute atomic E-state index is 13.3. The lowest BCUT2D eigenvalue weighted by Gasteiger charge is -2.23. The Morgan fingerprint density at radius 3 is 1.10 bits per heavy atom. The van der Waals surface area contributed by atoms with Gasteiger partial charge in [-0.1, -0.05) is 0 Å². The number of benzene rings is 3. The summed E-state index contributed by atoms with van der Waals surface area (Å²) in [5.41, 5.74) is 4.25. The fourth-order valence-electron chi connectivity index (χ4n) is 3.85. The van der Waals surface area contributed by atoms with Crippen molar-refractivity contribution in [3.63, 3.8) is 0 Å². The lowest BCUT2D eigenvalue weighted by Crippen LogP contribution is -2.37. The molecule has 0 saturated heterocycles. The Morgan fingerprint density at radius 1 is 0.500 bits per heavy atom. The highest BCUT2D eigenvalue weighted by Gasteiger charge is 2.18. The normalized spacial score (nSPS) is 10.4. The van der Waals surface area contributed by atoms with Crippen LogP contribution in [0.5, 0.6) is 0 Å². The van der Waals surface area contributed by atoms with E-state index in [2.05, 4.69) is 0 Å². The fraction of sp³-hybridized carbons (Fsp3) is 0.323. The molecule has 9 nitrogen and oxygen atoms in total. The molecule has 3 aromatic rings. The maximum Gasteiger partial charge on any atom is 0.338 e. The first-order valence-corrected chi connectivity index (χ1v) is 13.0. The Hall–Kier alpha value is -4.53. The standard InChI is InChI=1S/C31H38N4O5/c1-32(2)26-13-7-23(8-14-26)29(36)35(19-21-39-30(37)24-9-15-27(16-10-24)33(3)4)20-22-40-31(38)25-11-17-28(18-12-25)34(5)6/h7-18H,19-22H2,1-6H3. The third kappa shape index (κ3) is 8.23. The van der Waals surface area contributed by atoms with Crippen LogP contribution in [0.4, 0.5) is 17.1 Å². The molecular weight excluding hydrogens is 508 g/mol. The van der Waals surface area contributed by atoms with E-state index in [0.717, 1.165) is 17.1 Å². The summed E-state index contributed by atoms with van der Waals surface area (Å²) in [6, 6.07) is 21.4. The predicted octanol–water partition coefficient (Wildman–Crippen LogP) is 4.04. The van der Waals surface area contributed by atoms with Crippen LogP contribution in [-0.2, 0) is 9.47 Å². The molecule has 3 aromatic carbocycles. The van der Waals surface area contributed by atoms with Crippen molar-refractivity contribution in [2.24, 2.45) is 0 Å². The molecule has 0 spiro atoms. The molecule has 9 heteroatoms. The first-order chi connectivity index (χ1) is 19.1. The van der Waals surface area contributed by atoms with Crippen LogP contribution in [-0.4, -0.2) is 91.3 Å². The van der Waals surface area contributed by atoms with E-state index < -0.39 is 11.9 Å². The van der Waals surface area contributed by atoms with E-state index in [4.69, 9.17) is 9.47 Å². The van der Waals surface area contributed by atoms with Crippen molar-refractivity contribution in [3.05, 3.63) is 89.5 Å². The van der Waals surface area contributed by atoms with E-state index in [9.17, 15) is 14.4 Å². The summed E-state index contributed by atoms with van der Waals surface area (Å²) in [6.45, 7) is 0.279. The molecule has 0 radical (unpaired) electrons. The van der Waals surface area contributed by atoms with Gasteiger partial charge in [0.05, 0.1) is 24.2 Å². The largest absolute Gasteiger partial charge is 0.460 e. The third-order valence-corrected chi connectivity index (χ3v) is 6.35. The summed E-state index contributed by atoms with van der Waals surface area (Å²) in [4.78, 5) is 45.8. The second kappa shape index (κ2) is 14.0. The van der Waals surface area contributed by atoms with Crippen LogP contribution in [0.15, 0.2) is 72.8 Å². The molecule has 0 fully saturated rings. The van der Waals surface area contributed by atoms with Crippen LogP contribution in [0.3, 0.4) is 0 Å². The van der Waals surface area contributed by atoms with Crippen molar-refractivity contribution in [3.8, 4) is 0 Å². The van der Waals surface area contributed by atoms with Gasteiger partial charge in [0.25, 0.3) is 5.91 Å². The smallest absolute Gasteiger partial charge is 0.338 e. The highest BCUT2D eigenvalue weighted by molar-refractivity contribution is 5.95. The van der Waals surface area contributed by atoms with Gasteiger partial charge in [0, 0.05) is 64.9 Å². The number of hydrogen-bond donors (Lipinski definition) is 0. The number of rotatable bonds is 12. The molecule has 0 aliphatic heterocycles. The first kappa shape index (κ1) is 30.0. The van der Waals surface area contributed by atoms with Crippen LogP contribution in [0.1, 0.15) is 31.1 Å². The molecule has 1 amide bonds. The highest BCUT2D eigenvalue weighted by Crippen LogP contribution is 2.16. The molecule has 0 unspecified atom stereocenters. The van der Waals surface area contributed by atoms with Crippen LogP contribution in [0, 0.1) is 0 Å². The highest BCUT2D eigenvalue weighted by atomic mass is 16.5. The summed E-state index contributed by atoms with van der Waals surface area (Å²) in [6.07, 6.45) is 0. The molecule has 40 heavy (non-hydrogen) atoms. The summed E-state index contributed by atoms with van der Waals surface area (Å²) in [5.74, 6) is -1.19. The van der Waals surface area contributed by atoms with Gasteiger partial charge < -0.3 is 29.1 Å². The van der Waals surface area contributed by atoms with Crippen molar-refractivity contribution in [1.29, 1.82) is 0 Å². The van der Waals surface area contributed by atoms with Gasteiger partial charge in [-0.25, -0.2) is 9.59 Å². The van der Waals surface area contributed by atoms with Crippen LogP contribution in [0.2, 0.25) is 0 Å².